The van der Waals surface area contributed by atoms with Crippen LogP contribution in [0.5, 0.6) is 0 Å². The fourth-order valence-corrected chi connectivity index (χ4v) is 11.1. The highest BCUT2D eigenvalue weighted by Crippen LogP contribution is 2.27. The summed E-state index contributed by atoms with van der Waals surface area (Å²) in [6.07, 6.45) is 5.91. The Balaban J connectivity index is 4.23. The summed E-state index contributed by atoms with van der Waals surface area (Å²) in [6, 6.07) is -11.1. The van der Waals surface area contributed by atoms with Crippen LogP contribution in [0.4, 0.5) is 0 Å². The molecule has 486 valence electrons. The quantitative estimate of drug-likeness (QED) is 0.167. The Morgan fingerprint density at radius 2 is 0.941 bits per heavy atom. The Morgan fingerprint density at radius 3 is 1.44 bits per heavy atom. The normalized spacial score (nSPS) is 27.2. The van der Waals surface area contributed by atoms with Crippen molar-refractivity contribution in [3.05, 3.63) is 12.2 Å². The van der Waals surface area contributed by atoms with Crippen LogP contribution in [0.15, 0.2) is 12.2 Å². The molecule has 22 heteroatoms. The number of amides is 10. The van der Waals surface area contributed by atoms with E-state index in [9.17, 15) is 43.2 Å². The molecule has 0 aliphatic carbocycles. The maximum Gasteiger partial charge on any atom is 0.246 e. The molecule has 1 fully saturated rings. The summed E-state index contributed by atoms with van der Waals surface area (Å²) in [5.74, 6) is -8.12. The molecule has 1 rings (SSSR count). The number of carbonyl (C=O) groups excluding carboxylic acids is 11. The largest absolute Gasteiger partial charge is 0.343 e. The Kier molecular flexibility index (Phi) is 32.3. The van der Waals surface area contributed by atoms with Gasteiger partial charge in [-0.1, -0.05) is 116 Å². The van der Waals surface area contributed by atoms with Gasteiger partial charge in [-0.3, -0.25) is 57.6 Å². The molecule has 12 atom stereocenters. The van der Waals surface area contributed by atoms with Gasteiger partial charge in [-0.15, -0.1) is 0 Å². The van der Waals surface area contributed by atoms with E-state index in [-0.39, 0.29) is 62.4 Å². The van der Waals surface area contributed by atoms with E-state index in [0.717, 1.165) is 0 Å². The number of likely N-dealkylation sites (N-methyl/N-ethyl adjacent to an activating group) is 7. The molecular weight excluding hydrogens is 1090 g/mol. The molecule has 0 spiro atoms. The second-order valence-corrected chi connectivity index (χ2v) is 26.1. The lowest BCUT2D eigenvalue weighted by Crippen LogP contribution is -2.62. The van der Waals surface area contributed by atoms with Crippen molar-refractivity contribution in [3.63, 3.8) is 0 Å². The molecule has 4 N–H and O–H groups in total. The average molecular weight is 1200 g/mol. The zero-order valence-corrected chi connectivity index (χ0v) is 56.5. The minimum absolute atomic E-state index is 0.0357. The van der Waals surface area contributed by atoms with E-state index < -0.39 is 143 Å². The number of allylic oxidation sites excluding steroid dienone is 2. The lowest BCUT2D eigenvalue weighted by molar-refractivity contribution is -0.156. The van der Waals surface area contributed by atoms with Gasteiger partial charge in [0, 0.05) is 42.3 Å². The van der Waals surface area contributed by atoms with Crippen LogP contribution in [0.25, 0.3) is 0 Å². The summed E-state index contributed by atoms with van der Waals surface area (Å²) in [5, 5.41) is 11.2. The molecule has 12 unspecified atom stereocenters. The minimum atomic E-state index is -1.20. The summed E-state index contributed by atoms with van der Waals surface area (Å²) in [5.41, 5.74) is 0. The fraction of sp³-hybridized carbons (Fsp3) is 0.794. The Bertz CT molecular complexity index is 2310. The third-order valence-corrected chi connectivity index (χ3v) is 16.6. The number of hydrogen-bond donors (Lipinski definition) is 4. The zero-order valence-electron chi connectivity index (χ0n) is 56.5. The predicted octanol–water partition coefficient (Wildman–Crippen LogP) is 4.34. The summed E-state index contributed by atoms with van der Waals surface area (Å²) >= 11 is 0. The van der Waals surface area contributed by atoms with Crippen LogP contribution in [0.1, 0.15) is 163 Å². The van der Waals surface area contributed by atoms with Gasteiger partial charge in [-0.05, 0) is 108 Å². The Morgan fingerprint density at radius 1 is 0.471 bits per heavy atom. The third kappa shape index (κ3) is 22.1. The summed E-state index contributed by atoms with van der Waals surface area (Å²) in [6.45, 7) is 30.1. The lowest BCUT2D eigenvalue weighted by atomic mass is 9.84. The third-order valence-electron chi connectivity index (χ3n) is 16.6. The van der Waals surface area contributed by atoms with E-state index in [0.29, 0.717) is 19.3 Å². The van der Waals surface area contributed by atoms with Crippen LogP contribution in [0, 0.1) is 41.4 Å². The first kappa shape index (κ1) is 77.1. The van der Waals surface area contributed by atoms with Gasteiger partial charge in [0.15, 0.2) is 5.78 Å². The van der Waals surface area contributed by atoms with E-state index in [2.05, 4.69) is 21.3 Å². The number of ketones is 1. The number of hydrogen-bond acceptors (Lipinski definition) is 12. The van der Waals surface area contributed by atoms with Crippen LogP contribution in [0.2, 0.25) is 0 Å². The van der Waals surface area contributed by atoms with Crippen molar-refractivity contribution in [2.24, 2.45) is 41.4 Å². The molecule has 1 saturated heterocycles. The van der Waals surface area contributed by atoms with Crippen molar-refractivity contribution in [1.82, 2.24) is 55.6 Å². The molecule has 1 heterocycles. The number of carbonyl (C=O) groups is 11. The molecule has 0 bridgehead atoms. The standard InChI is InChI=1S/C63H113N11O11/c1-25-28-30-41(14)42(15)53-57(79)66-46(27-3)59(81)69(19)35-45(75)34-68(18)48(31-36(4)5)55(77)67-51(39(10)11)62(84)71(21)49(32-37(6)7)56(78)64-43(16)54(76)65-44(17)58(80)70(20)47(29-26-2)60(82)72(22)50(33-38(8)9)61(83)73(23)52(40(12)13)63(85)74(53)24/h25,28,36-44,46-53H,26-27,29-35H2,1-24H3,(H,64,78)(H,65,76)(H,66,79)(H,67,77)/b28-25+. The molecule has 0 aromatic carbocycles. The highest BCUT2D eigenvalue weighted by Gasteiger charge is 2.45. The minimum Gasteiger partial charge on any atom is -0.343 e. The van der Waals surface area contributed by atoms with Crippen LogP contribution >= 0.6 is 0 Å². The number of nitrogens with one attached hydrogen (secondary N) is 4. The monoisotopic (exact) mass is 1200 g/mol. The number of Topliss-reactive ketones (excluding diaryl/α,β-unsaturated/α-hetero) is 1. The van der Waals surface area contributed by atoms with Crippen molar-refractivity contribution in [1.29, 1.82) is 0 Å². The molecule has 22 nitrogen and oxygen atoms in total. The molecule has 0 radical (unpaired) electrons. The van der Waals surface area contributed by atoms with E-state index >= 15 is 9.59 Å². The van der Waals surface area contributed by atoms with Crippen molar-refractivity contribution in [2.45, 2.75) is 223 Å². The van der Waals surface area contributed by atoms with Crippen LogP contribution in [-0.2, 0) is 52.7 Å². The number of nitrogens with zero attached hydrogens (tertiary/aromatic N) is 7. The molecule has 10 amide bonds. The molecule has 0 aromatic heterocycles. The number of rotatable bonds is 15. The van der Waals surface area contributed by atoms with E-state index in [1.165, 1.54) is 85.5 Å². The lowest BCUT2D eigenvalue weighted by Gasteiger charge is -2.42. The van der Waals surface area contributed by atoms with E-state index in [1.54, 1.807) is 46.6 Å². The summed E-state index contributed by atoms with van der Waals surface area (Å²) < 4.78 is 0. The molecule has 1 aliphatic heterocycles. The highest BCUT2D eigenvalue weighted by molar-refractivity contribution is 5.99. The van der Waals surface area contributed by atoms with Gasteiger partial charge in [-0.25, -0.2) is 0 Å². The van der Waals surface area contributed by atoms with Gasteiger partial charge in [0.1, 0.15) is 54.4 Å². The molecule has 0 saturated carbocycles. The second-order valence-electron chi connectivity index (χ2n) is 26.1. The van der Waals surface area contributed by atoms with Crippen molar-refractivity contribution < 1.29 is 52.7 Å². The van der Waals surface area contributed by atoms with Crippen molar-refractivity contribution >= 4 is 64.9 Å². The van der Waals surface area contributed by atoms with E-state index in [4.69, 9.17) is 0 Å². The average Bonchev–Trinajstić information content (AvgIpc) is 3.43. The van der Waals surface area contributed by atoms with Gasteiger partial charge in [0.2, 0.25) is 59.1 Å². The first-order chi connectivity index (χ1) is 39.3. The van der Waals surface area contributed by atoms with Crippen LogP contribution in [0.3, 0.4) is 0 Å². The maximum atomic E-state index is 15.2. The molecule has 1 aliphatic rings. The van der Waals surface area contributed by atoms with Gasteiger partial charge < -0.3 is 50.7 Å². The molecule has 0 aromatic rings. The van der Waals surface area contributed by atoms with Crippen LogP contribution < -0.4 is 21.3 Å². The van der Waals surface area contributed by atoms with Crippen LogP contribution in [-0.4, -0.2) is 222 Å². The fourth-order valence-electron chi connectivity index (χ4n) is 11.1. The topological polar surface area (TPSA) is 259 Å². The van der Waals surface area contributed by atoms with E-state index in [1.807, 2.05) is 81.4 Å². The first-order valence-corrected chi connectivity index (χ1v) is 31.0. The first-order valence-electron chi connectivity index (χ1n) is 31.0. The summed E-state index contributed by atoms with van der Waals surface area (Å²) in [4.78, 5) is 169. The molecular formula is C63H113N11O11. The predicted molar refractivity (Wildman–Crippen MR) is 332 cm³/mol. The van der Waals surface area contributed by atoms with Gasteiger partial charge in [-0.2, -0.15) is 0 Å². The zero-order chi connectivity index (χ0) is 65.8. The van der Waals surface area contributed by atoms with Gasteiger partial charge in [0.05, 0.1) is 19.1 Å². The Hall–Kier alpha value is -5.93. The van der Waals surface area contributed by atoms with Gasteiger partial charge in [0.25, 0.3) is 0 Å². The Labute approximate surface area is 510 Å². The molecule has 85 heavy (non-hydrogen) atoms. The van der Waals surface area contributed by atoms with Gasteiger partial charge >= 0.3 is 0 Å². The van der Waals surface area contributed by atoms with Crippen molar-refractivity contribution in [3.8, 4) is 0 Å². The highest BCUT2D eigenvalue weighted by atomic mass is 16.2. The maximum absolute atomic E-state index is 15.2. The SMILES string of the molecule is C/C=C/CC(C)C(C)C1C(=O)NC(CC)C(=O)N(C)CC(=O)CN(C)C(CC(C)C)C(=O)NC(C(C)C)C(=O)N(C)C(CC(C)C)C(=O)NC(C)C(=O)NC(C)C(=O)N(C)C(CCC)C(=O)N(C)C(CC(C)C)C(=O)N(C)C(C(C)C)C(=O)N1C. The van der Waals surface area contributed by atoms with Crippen molar-refractivity contribution in [2.75, 3.05) is 62.4 Å². The summed E-state index contributed by atoms with van der Waals surface area (Å²) in [7, 11) is 10.5. The second kappa shape index (κ2) is 35.6. The smallest absolute Gasteiger partial charge is 0.246 e.